The van der Waals surface area contributed by atoms with Gasteiger partial charge in [-0.3, -0.25) is 4.79 Å². The fourth-order valence-electron chi connectivity index (χ4n) is 2.94. The second-order valence-corrected chi connectivity index (χ2v) is 6.62. The van der Waals surface area contributed by atoms with E-state index < -0.39 is 12.2 Å². The van der Waals surface area contributed by atoms with Gasteiger partial charge in [0.1, 0.15) is 5.75 Å². The lowest BCUT2D eigenvalue weighted by molar-refractivity contribution is 0.0925. The van der Waals surface area contributed by atoms with Gasteiger partial charge in [-0.2, -0.15) is 0 Å². The van der Waals surface area contributed by atoms with Gasteiger partial charge in [0.25, 0.3) is 12.3 Å². The van der Waals surface area contributed by atoms with Crippen LogP contribution in [0, 0.1) is 5.92 Å². The number of rotatable bonds is 6. The van der Waals surface area contributed by atoms with Gasteiger partial charge >= 0.3 is 0 Å². The van der Waals surface area contributed by atoms with Crippen molar-refractivity contribution in [2.45, 2.75) is 26.3 Å². The van der Waals surface area contributed by atoms with Crippen molar-refractivity contribution in [3.8, 4) is 5.75 Å². The first-order chi connectivity index (χ1) is 12.9. The molecule has 0 spiro atoms. The van der Waals surface area contributed by atoms with Crippen molar-refractivity contribution in [1.29, 1.82) is 0 Å². The van der Waals surface area contributed by atoms with Crippen molar-refractivity contribution < 1.29 is 18.3 Å². The van der Waals surface area contributed by atoms with E-state index in [9.17, 15) is 13.6 Å². The van der Waals surface area contributed by atoms with Crippen molar-refractivity contribution in [2.75, 3.05) is 7.11 Å². The summed E-state index contributed by atoms with van der Waals surface area (Å²) in [6.07, 6.45) is -2.69. The summed E-state index contributed by atoms with van der Waals surface area (Å²) in [6.45, 7) is 4.03. The maximum Gasteiger partial charge on any atom is 0.295 e. The smallest absolute Gasteiger partial charge is 0.295 e. The average molecular weight is 373 g/mol. The summed E-state index contributed by atoms with van der Waals surface area (Å²) in [5.41, 5.74) is 2.15. The molecule has 1 aromatic heterocycles. The van der Waals surface area contributed by atoms with E-state index in [1.54, 1.807) is 19.2 Å². The Labute approximate surface area is 155 Å². The number of halogens is 2. The van der Waals surface area contributed by atoms with Crippen LogP contribution in [0.3, 0.4) is 0 Å². The van der Waals surface area contributed by atoms with Crippen molar-refractivity contribution in [3.05, 3.63) is 59.4 Å². The molecule has 1 atom stereocenters. The summed E-state index contributed by atoms with van der Waals surface area (Å²) >= 11 is 0. The number of alkyl halides is 2. The highest BCUT2D eigenvalue weighted by molar-refractivity contribution is 5.97. The number of carbonyl (C=O) groups is 1. The lowest BCUT2D eigenvalue weighted by atomic mass is 9.95. The number of nitrogens with one attached hydrogen (secondary N) is 2. The van der Waals surface area contributed by atoms with Crippen LogP contribution in [-0.4, -0.2) is 23.0 Å². The summed E-state index contributed by atoms with van der Waals surface area (Å²) in [5, 5.41) is 3.02. The number of benzene rings is 2. The maximum atomic E-state index is 12.8. The fourth-order valence-corrected chi connectivity index (χ4v) is 2.94. The second kappa shape index (κ2) is 7.73. The SMILES string of the molecule is COc1ccc(C(NC(=O)c2ccc3nc(C(F)F)[nH]c3c2)C(C)C)cc1. The first-order valence-electron chi connectivity index (χ1n) is 8.61. The highest BCUT2D eigenvalue weighted by Crippen LogP contribution is 2.25. The highest BCUT2D eigenvalue weighted by atomic mass is 19.3. The number of amides is 1. The summed E-state index contributed by atoms with van der Waals surface area (Å²) in [4.78, 5) is 19.1. The number of H-pyrrole nitrogens is 1. The molecule has 0 radical (unpaired) electrons. The minimum absolute atomic E-state index is 0.156. The van der Waals surface area contributed by atoms with Crippen molar-refractivity contribution >= 4 is 16.9 Å². The number of ether oxygens (including phenoxy) is 1. The minimum Gasteiger partial charge on any atom is -0.497 e. The lowest BCUT2D eigenvalue weighted by Gasteiger charge is -2.23. The summed E-state index contributed by atoms with van der Waals surface area (Å²) < 4.78 is 30.7. The molecule has 27 heavy (non-hydrogen) atoms. The number of imidazole rings is 1. The summed E-state index contributed by atoms with van der Waals surface area (Å²) in [6, 6.07) is 12.0. The number of aromatic amines is 1. The molecule has 7 heteroatoms. The Bertz CT molecular complexity index is 936. The molecule has 3 aromatic rings. The largest absolute Gasteiger partial charge is 0.497 e. The average Bonchev–Trinajstić information content (AvgIpc) is 3.09. The predicted molar refractivity (Wildman–Crippen MR) is 99.1 cm³/mol. The molecule has 0 aliphatic carbocycles. The van der Waals surface area contributed by atoms with Gasteiger partial charge in [-0.25, -0.2) is 13.8 Å². The molecule has 1 unspecified atom stereocenters. The molecule has 0 aliphatic rings. The second-order valence-electron chi connectivity index (χ2n) is 6.62. The monoisotopic (exact) mass is 373 g/mol. The van der Waals surface area contributed by atoms with Crippen LogP contribution in [-0.2, 0) is 0 Å². The van der Waals surface area contributed by atoms with E-state index in [4.69, 9.17) is 4.74 Å². The van der Waals surface area contributed by atoms with Crippen molar-refractivity contribution in [2.24, 2.45) is 5.92 Å². The number of hydrogen-bond acceptors (Lipinski definition) is 3. The van der Waals surface area contributed by atoms with Gasteiger partial charge < -0.3 is 15.0 Å². The Kier molecular flexibility index (Phi) is 5.39. The number of nitrogens with zero attached hydrogens (tertiary/aromatic N) is 1. The number of fused-ring (bicyclic) bond motifs is 1. The summed E-state index contributed by atoms with van der Waals surface area (Å²) in [5.74, 6) is 0.219. The van der Waals surface area contributed by atoms with Gasteiger partial charge in [0, 0.05) is 5.56 Å². The van der Waals surface area contributed by atoms with Crippen LogP contribution in [0.25, 0.3) is 11.0 Å². The first kappa shape index (κ1) is 18.8. The van der Waals surface area contributed by atoms with E-state index >= 15 is 0 Å². The Balaban J connectivity index is 1.83. The first-order valence-corrected chi connectivity index (χ1v) is 8.61. The van der Waals surface area contributed by atoms with E-state index in [1.165, 1.54) is 6.07 Å². The van der Waals surface area contributed by atoms with Crippen LogP contribution in [0.2, 0.25) is 0 Å². The third kappa shape index (κ3) is 4.07. The molecular weight excluding hydrogens is 352 g/mol. The van der Waals surface area contributed by atoms with Gasteiger partial charge in [-0.1, -0.05) is 26.0 Å². The highest BCUT2D eigenvalue weighted by Gasteiger charge is 2.20. The molecule has 142 valence electrons. The zero-order valence-electron chi connectivity index (χ0n) is 15.3. The molecule has 1 heterocycles. The Morgan fingerprint density at radius 2 is 1.85 bits per heavy atom. The number of methoxy groups -OCH3 is 1. The molecule has 0 aliphatic heterocycles. The van der Waals surface area contributed by atoms with Crippen LogP contribution >= 0.6 is 0 Å². The molecule has 0 fully saturated rings. The predicted octanol–water partition coefficient (Wildman–Crippen LogP) is 4.64. The zero-order valence-corrected chi connectivity index (χ0v) is 15.3. The molecule has 0 saturated carbocycles. The fraction of sp³-hybridized carbons (Fsp3) is 0.300. The molecular formula is C20H21F2N3O2. The minimum atomic E-state index is -2.69. The molecule has 2 aromatic carbocycles. The molecule has 2 N–H and O–H groups in total. The number of hydrogen-bond donors (Lipinski definition) is 2. The topological polar surface area (TPSA) is 67.0 Å². The van der Waals surface area contributed by atoms with E-state index in [0.717, 1.165) is 11.3 Å². The van der Waals surface area contributed by atoms with E-state index in [-0.39, 0.29) is 17.9 Å². The quantitative estimate of drug-likeness (QED) is 0.662. The van der Waals surface area contributed by atoms with Crippen LogP contribution in [0.15, 0.2) is 42.5 Å². The molecule has 0 saturated heterocycles. The number of carbonyl (C=O) groups excluding carboxylic acids is 1. The number of aromatic nitrogens is 2. The normalized spacial score (nSPS) is 12.6. The van der Waals surface area contributed by atoms with Gasteiger partial charge in [0.15, 0.2) is 5.82 Å². The van der Waals surface area contributed by atoms with Crippen LogP contribution < -0.4 is 10.1 Å². The third-order valence-corrected chi connectivity index (χ3v) is 4.40. The van der Waals surface area contributed by atoms with E-state index in [2.05, 4.69) is 15.3 Å². The summed E-state index contributed by atoms with van der Waals surface area (Å²) in [7, 11) is 1.60. The molecule has 3 rings (SSSR count). The van der Waals surface area contributed by atoms with Crippen LogP contribution in [0.5, 0.6) is 5.75 Å². The van der Waals surface area contributed by atoms with E-state index in [1.807, 2.05) is 38.1 Å². The van der Waals surface area contributed by atoms with Crippen molar-refractivity contribution in [1.82, 2.24) is 15.3 Å². The third-order valence-electron chi connectivity index (χ3n) is 4.40. The van der Waals surface area contributed by atoms with Crippen LogP contribution in [0.1, 0.15) is 48.1 Å². The Morgan fingerprint density at radius 1 is 1.15 bits per heavy atom. The standard InChI is InChI=1S/C20H21F2N3O2/c1-11(2)17(12-4-7-14(27-3)8-5-12)25-20(26)13-6-9-15-16(10-13)24-19(23-15)18(21)22/h4-11,17-18H,1-3H3,(H,23,24)(H,25,26). The van der Waals surface area contributed by atoms with Crippen molar-refractivity contribution in [3.63, 3.8) is 0 Å². The van der Waals surface area contributed by atoms with Gasteiger partial charge in [0.05, 0.1) is 24.2 Å². The van der Waals surface area contributed by atoms with E-state index in [0.29, 0.717) is 16.6 Å². The molecule has 0 bridgehead atoms. The molecule has 1 amide bonds. The van der Waals surface area contributed by atoms with Gasteiger partial charge in [-0.05, 0) is 41.8 Å². The maximum absolute atomic E-state index is 12.8. The van der Waals surface area contributed by atoms with Gasteiger partial charge in [0.2, 0.25) is 0 Å². The Morgan fingerprint density at radius 3 is 2.44 bits per heavy atom. The zero-order chi connectivity index (χ0) is 19.6. The van der Waals surface area contributed by atoms with Crippen LogP contribution in [0.4, 0.5) is 8.78 Å². The lowest BCUT2D eigenvalue weighted by Crippen LogP contribution is -2.31. The molecule has 5 nitrogen and oxygen atoms in total. The van der Waals surface area contributed by atoms with Gasteiger partial charge in [-0.15, -0.1) is 0 Å². The Hall–Kier alpha value is -2.96.